The minimum atomic E-state index is -4.50. The zero-order valence-corrected chi connectivity index (χ0v) is 17.3. The summed E-state index contributed by atoms with van der Waals surface area (Å²) in [4.78, 5) is 16.6. The van der Waals surface area contributed by atoms with Crippen LogP contribution in [0.1, 0.15) is 12.0 Å². The van der Waals surface area contributed by atoms with Gasteiger partial charge in [0.1, 0.15) is 5.75 Å². The zero-order chi connectivity index (χ0) is 21.7. The Hall–Kier alpha value is -2.45. The summed E-state index contributed by atoms with van der Waals surface area (Å²) in [5.74, 6) is 0.397. The molecule has 1 heterocycles. The molecule has 5 nitrogen and oxygen atoms in total. The number of amides is 1. The lowest BCUT2D eigenvalue weighted by Crippen LogP contribution is -2.36. The maximum Gasteiger partial charge on any atom is 0.416 e. The summed E-state index contributed by atoms with van der Waals surface area (Å²) >= 11 is 5.96. The van der Waals surface area contributed by atoms with E-state index in [1.165, 1.54) is 0 Å². The summed E-state index contributed by atoms with van der Waals surface area (Å²) in [6.45, 7) is 3.06. The van der Waals surface area contributed by atoms with Crippen LogP contribution in [0.4, 0.5) is 24.5 Å². The Bertz CT molecular complexity index is 875. The summed E-state index contributed by atoms with van der Waals surface area (Å²) in [5, 5.41) is 2.57. The number of alkyl halides is 3. The largest absolute Gasteiger partial charge is 0.497 e. The van der Waals surface area contributed by atoms with Gasteiger partial charge in [-0.3, -0.25) is 9.69 Å². The minimum Gasteiger partial charge on any atom is -0.497 e. The van der Waals surface area contributed by atoms with Crippen LogP contribution < -0.4 is 15.0 Å². The lowest BCUT2D eigenvalue weighted by molar-refractivity contribution is -0.137. The average Bonchev–Trinajstić information content (AvgIpc) is 2.94. The van der Waals surface area contributed by atoms with E-state index in [1.54, 1.807) is 7.11 Å². The van der Waals surface area contributed by atoms with Crippen molar-refractivity contribution in [3.63, 3.8) is 0 Å². The topological polar surface area (TPSA) is 44.8 Å². The average molecular weight is 442 g/mol. The van der Waals surface area contributed by atoms with Crippen LogP contribution in [0.2, 0.25) is 5.02 Å². The van der Waals surface area contributed by atoms with E-state index in [-0.39, 0.29) is 17.3 Å². The highest BCUT2D eigenvalue weighted by Gasteiger charge is 2.31. The van der Waals surface area contributed by atoms with Gasteiger partial charge in [0.05, 0.1) is 29.9 Å². The van der Waals surface area contributed by atoms with Crippen LogP contribution in [-0.2, 0) is 11.0 Å². The van der Waals surface area contributed by atoms with Crippen molar-refractivity contribution in [2.24, 2.45) is 0 Å². The lowest BCUT2D eigenvalue weighted by Gasteiger charge is -2.23. The first-order chi connectivity index (χ1) is 14.3. The van der Waals surface area contributed by atoms with Crippen LogP contribution in [-0.4, -0.2) is 50.6 Å². The monoisotopic (exact) mass is 441 g/mol. The number of carbonyl (C=O) groups excluding carboxylic acids is 1. The molecule has 1 saturated heterocycles. The predicted molar refractivity (Wildman–Crippen MR) is 111 cm³/mol. The number of hydrogen-bond acceptors (Lipinski definition) is 4. The number of rotatable bonds is 5. The molecular formula is C21H23ClF3N3O2. The van der Waals surface area contributed by atoms with Gasteiger partial charge in [0.2, 0.25) is 5.91 Å². The molecule has 2 aromatic carbocycles. The molecule has 1 amide bonds. The number of nitrogens with one attached hydrogen (secondary N) is 1. The van der Waals surface area contributed by atoms with Gasteiger partial charge in [0, 0.05) is 31.9 Å². The van der Waals surface area contributed by atoms with Crippen LogP contribution in [0.25, 0.3) is 0 Å². The van der Waals surface area contributed by atoms with E-state index in [0.29, 0.717) is 6.54 Å². The first kappa shape index (κ1) is 22.2. The van der Waals surface area contributed by atoms with E-state index < -0.39 is 17.6 Å². The third-order valence-electron chi connectivity index (χ3n) is 4.96. The molecule has 0 aromatic heterocycles. The van der Waals surface area contributed by atoms with Gasteiger partial charge in [-0.25, -0.2) is 0 Å². The Morgan fingerprint density at radius 3 is 2.50 bits per heavy atom. The van der Waals surface area contributed by atoms with E-state index >= 15 is 0 Å². The van der Waals surface area contributed by atoms with Gasteiger partial charge in [0.15, 0.2) is 0 Å². The maximum absolute atomic E-state index is 12.9. The fourth-order valence-corrected chi connectivity index (χ4v) is 3.54. The lowest BCUT2D eigenvalue weighted by atomic mass is 10.2. The molecule has 0 radical (unpaired) electrons. The Labute approximate surface area is 178 Å². The van der Waals surface area contributed by atoms with Crippen molar-refractivity contribution in [3.05, 3.63) is 53.1 Å². The van der Waals surface area contributed by atoms with Crippen LogP contribution in [0.15, 0.2) is 42.5 Å². The number of carbonyl (C=O) groups is 1. The summed E-state index contributed by atoms with van der Waals surface area (Å²) in [6.07, 6.45) is -3.64. The Kier molecular flexibility index (Phi) is 7.10. The van der Waals surface area contributed by atoms with Crippen molar-refractivity contribution in [1.82, 2.24) is 4.90 Å². The van der Waals surface area contributed by atoms with E-state index in [2.05, 4.69) is 10.2 Å². The molecule has 9 heteroatoms. The fraction of sp³-hybridized carbons (Fsp3) is 0.381. The number of hydrogen-bond donors (Lipinski definition) is 1. The standard InChI is InChI=1S/C21H23ClF3N3O2/c1-30-17-6-4-16(5-7-17)28-10-2-9-27(11-12-28)14-20(29)26-19-13-15(21(23,24)25)3-8-18(19)22/h3-8,13H,2,9-12,14H2,1H3,(H,26,29). The maximum atomic E-state index is 12.9. The summed E-state index contributed by atoms with van der Waals surface area (Å²) in [6, 6.07) is 10.7. The smallest absolute Gasteiger partial charge is 0.416 e. The third-order valence-corrected chi connectivity index (χ3v) is 5.29. The van der Waals surface area contributed by atoms with Gasteiger partial charge in [-0.2, -0.15) is 13.2 Å². The number of methoxy groups -OCH3 is 1. The SMILES string of the molecule is COc1ccc(N2CCCN(CC(=O)Nc3cc(C(F)(F)F)ccc3Cl)CC2)cc1. The molecule has 1 N–H and O–H groups in total. The third kappa shape index (κ3) is 5.79. The molecule has 0 saturated carbocycles. The number of ether oxygens (including phenoxy) is 1. The molecule has 0 bridgehead atoms. The van der Waals surface area contributed by atoms with Gasteiger partial charge in [0.25, 0.3) is 0 Å². The van der Waals surface area contributed by atoms with E-state index in [4.69, 9.17) is 16.3 Å². The second-order valence-electron chi connectivity index (χ2n) is 7.06. The molecule has 0 atom stereocenters. The molecule has 1 fully saturated rings. The molecule has 2 aromatic rings. The number of anilines is 2. The van der Waals surface area contributed by atoms with E-state index in [9.17, 15) is 18.0 Å². The van der Waals surface area contributed by atoms with Gasteiger partial charge in [-0.15, -0.1) is 0 Å². The molecule has 0 unspecified atom stereocenters. The Morgan fingerprint density at radius 1 is 1.10 bits per heavy atom. The van der Waals surface area contributed by atoms with Crippen molar-refractivity contribution in [2.45, 2.75) is 12.6 Å². The van der Waals surface area contributed by atoms with Crippen molar-refractivity contribution < 1.29 is 22.7 Å². The van der Waals surface area contributed by atoms with E-state index in [1.807, 2.05) is 29.2 Å². The number of nitrogens with zero attached hydrogens (tertiary/aromatic N) is 2. The second kappa shape index (κ2) is 9.57. The highest BCUT2D eigenvalue weighted by atomic mass is 35.5. The first-order valence-electron chi connectivity index (χ1n) is 9.54. The van der Waals surface area contributed by atoms with Crippen LogP contribution in [0.5, 0.6) is 5.75 Å². The summed E-state index contributed by atoms with van der Waals surface area (Å²) < 4.78 is 43.9. The molecule has 1 aliphatic heterocycles. The molecule has 0 spiro atoms. The number of benzene rings is 2. The fourth-order valence-electron chi connectivity index (χ4n) is 3.37. The molecule has 30 heavy (non-hydrogen) atoms. The first-order valence-corrected chi connectivity index (χ1v) is 9.92. The summed E-state index contributed by atoms with van der Waals surface area (Å²) in [5.41, 5.74) is 0.191. The molecule has 3 rings (SSSR count). The number of halogens is 4. The summed E-state index contributed by atoms with van der Waals surface area (Å²) in [7, 11) is 1.62. The second-order valence-corrected chi connectivity index (χ2v) is 7.46. The van der Waals surface area contributed by atoms with Gasteiger partial charge >= 0.3 is 6.18 Å². The molecule has 0 aliphatic carbocycles. The highest BCUT2D eigenvalue weighted by Crippen LogP contribution is 2.33. The van der Waals surface area contributed by atoms with Crippen LogP contribution in [0.3, 0.4) is 0 Å². The quantitative estimate of drug-likeness (QED) is 0.741. The van der Waals surface area contributed by atoms with Crippen molar-refractivity contribution in [1.29, 1.82) is 0 Å². The van der Waals surface area contributed by atoms with Gasteiger partial charge in [-0.05, 0) is 48.9 Å². The van der Waals surface area contributed by atoms with Crippen LogP contribution >= 0.6 is 11.6 Å². The highest BCUT2D eigenvalue weighted by molar-refractivity contribution is 6.33. The Balaban J connectivity index is 1.57. The minimum absolute atomic E-state index is 0.0360. The normalized spacial score (nSPS) is 15.6. The van der Waals surface area contributed by atoms with Crippen molar-refractivity contribution in [2.75, 3.05) is 50.1 Å². The van der Waals surface area contributed by atoms with Crippen LogP contribution in [0, 0.1) is 0 Å². The molecular weight excluding hydrogens is 419 g/mol. The Morgan fingerprint density at radius 2 is 1.83 bits per heavy atom. The van der Waals surface area contributed by atoms with E-state index in [0.717, 1.165) is 55.7 Å². The predicted octanol–water partition coefficient (Wildman–Crippen LogP) is 4.52. The van der Waals surface area contributed by atoms with Gasteiger partial charge in [-0.1, -0.05) is 11.6 Å². The van der Waals surface area contributed by atoms with Crippen molar-refractivity contribution in [3.8, 4) is 5.75 Å². The van der Waals surface area contributed by atoms with Crippen molar-refractivity contribution >= 4 is 28.9 Å². The molecule has 162 valence electrons. The zero-order valence-electron chi connectivity index (χ0n) is 16.5. The molecule has 1 aliphatic rings. The van der Waals surface area contributed by atoms with Gasteiger partial charge < -0.3 is 15.0 Å².